The number of hydrogen-bond acceptors (Lipinski definition) is 4. The van der Waals surface area contributed by atoms with Crippen LogP contribution < -0.4 is 5.32 Å². The molecule has 0 aromatic heterocycles. The van der Waals surface area contributed by atoms with Crippen molar-refractivity contribution in [3.8, 4) is 0 Å². The molecule has 39 heavy (non-hydrogen) atoms. The number of nitrogens with one attached hydrogen (secondary N) is 1. The van der Waals surface area contributed by atoms with E-state index < -0.39 is 27.6 Å². The standard InChI is InChI=1S/C16H26FN3O3S.C9H8F3NO.HI.H2/c17-16(14-5-6-14)11-20(12-16)24(22,23)19-9-3-4-13(10-19)15(21)18-7-1-2-8-18;10-9(11,12)8-3-1-7(2-4-8)5-13-6-14;;/h13-14H,1-12H2;1-4,6H,5H2,(H,13,14);2*1H/t13-;;;/m0.../s1. The molecule has 0 unspecified atom stereocenters. The molecule has 4 fully saturated rings. The summed E-state index contributed by atoms with van der Waals surface area (Å²) in [6.45, 7) is 2.48. The van der Waals surface area contributed by atoms with Crippen molar-refractivity contribution in [3.05, 3.63) is 35.4 Å². The van der Waals surface area contributed by atoms with Crippen molar-refractivity contribution in [2.45, 2.75) is 56.9 Å². The summed E-state index contributed by atoms with van der Waals surface area (Å²) < 4.78 is 78.9. The number of carbonyl (C=O) groups excluding carboxylic acids is 2. The van der Waals surface area contributed by atoms with Gasteiger partial charge in [-0.05, 0) is 62.1 Å². The smallest absolute Gasteiger partial charge is 0.355 e. The number of likely N-dealkylation sites (tertiary alicyclic amines) is 1. The van der Waals surface area contributed by atoms with Crippen LogP contribution in [0.15, 0.2) is 24.3 Å². The van der Waals surface area contributed by atoms with E-state index >= 15 is 0 Å². The molecule has 1 aliphatic carbocycles. The van der Waals surface area contributed by atoms with Gasteiger partial charge in [0.25, 0.3) is 10.2 Å². The highest BCUT2D eigenvalue weighted by molar-refractivity contribution is 14.0. The highest BCUT2D eigenvalue weighted by atomic mass is 127. The number of alkyl halides is 4. The van der Waals surface area contributed by atoms with Crippen LogP contribution in [0, 0.1) is 11.8 Å². The molecule has 1 N–H and O–H groups in total. The number of halogens is 5. The lowest BCUT2D eigenvalue weighted by atomic mass is 9.94. The second-order valence-corrected chi connectivity index (χ2v) is 12.4. The first-order chi connectivity index (χ1) is 17.9. The summed E-state index contributed by atoms with van der Waals surface area (Å²) in [4.78, 5) is 24.3. The number of piperidine rings is 1. The molecule has 4 aliphatic rings. The Labute approximate surface area is 245 Å². The van der Waals surface area contributed by atoms with Gasteiger partial charge in [0.15, 0.2) is 0 Å². The topological polar surface area (TPSA) is 90.0 Å². The highest BCUT2D eigenvalue weighted by Gasteiger charge is 2.58. The third-order valence-electron chi connectivity index (χ3n) is 7.66. The van der Waals surface area contributed by atoms with Crippen LogP contribution in [-0.4, -0.2) is 79.2 Å². The average Bonchev–Trinajstić information content (AvgIpc) is 3.59. The van der Waals surface area contributed by atoms with E-state index in [9.17, 15) is 35.6 Å². The molecule has 0 radical (unpaired) electrons. The van der Waals surface area contributed by atoms with Crippen molar-refractivity contribution in [1.29, 1.82) is 0 Å². The van der Waals surface area contributed by atoms with Crippen LogP contribution >= 0.6 is 24.0 Å². The summed E-state index contributed by atoms with van der Waals surface area (Å²) >= 11 is 0. The fourth-order valence-electron chi connectivity index (χ4n) is 5.25. The number of benzene rings is 1. The molecule has 1 atom stereocenters. The van der Waals surface area contributed by atoms with Crippen molar-refractivity contribution in [3.63, 3.8) is 0 Å². The Hall–Kier alpha value is -1.52. The molecule has 1 aromatic carbocycles. The van der Waals surface area contributed by atoms with Gasteiger partial charge in [-0.3, -0.25) is 9.59 Å². The SMILES string of the molecule is I.O=C([C@H]1CCCN(S(=O)(=O)N2CC(F)(C3CC3)C2)C1)N1CCCC1.O=CNCc1ccc(C(F)(F)F)cc1.[HH]. The van der Waals surface area contributed by atoms with Crippen molar-refractivity contribution in [1.82, 2.24) is 18.8 Å². The van der Waals surface area contributed by atoms with Gasteiger partial charge in [-0.1, -0.05) is 12.1 Å². The van der Waals surface area contributed by atoms with Gasteiger partial charge in [-0.15, -0.1) is 24.0 Å². The molecule has 14 heteroatoms. The summed E-state index contributed by atoms with van der Waals surface area (Å²) in [5.41, 5.74) is -1.37. The Balaban J connectivity index is 0.000000304. The molecule has 2 amide bonds. The molecule has 3 heterocycles. The van der Waals surface area contributed by atoms with E-state index in [0.29, 0.717) is 24.9 Å². The summed E-state index contributed by atoms with van der Waals surface area (Å²) in [5.74, 6) is -0.102. The van der Waals surface area contributed by atoms with Gasteiger partial charge in [0.05, 0.1) is 24.6 Å². The van der Waals surface area contributed by atoms with Gasteiger partial charge < -0.3 is 10.2 Å². The number of nitrogens with zero attached hydrogens (tertiary/aromatic N) is 3. The van der Waals surface area contributed by atoms with Gasteiger partial charge in [-0.2, -0.15) is 30.2 Å². The van der Waals surface area contributed by atoms with Gasteiger partial charge in [0.2, 0.25) is 12.3 Å². The average molecular weight is 693 g/mol. The van der Waals surface area contributed by atoms with E-state index in [1.807, 2.05) is 4.90 Å². The largest absolute Gasteiger partial charge is 0.416 e. The number of carbonyl (C=O) groups is 2. The van der Waals surface area contributed by atoms with E-state index in [1.54, 1.807) is 0 Å². The summed E-state index contributed by atoms with van der Waals surface area (Å²) in [6.07, 6.45) is 1.45. The van der Waals surface area contributed by atoms with Gasteiger partial charge in [0, 0.05) is 34.2 Å². The molecule has 0 spiro atoms. The van der Waals surface area contributed by atoms with Crippen LogP contribution in [0.5, 0.6) is 0 Å². The van der Waals surface area contributed by atoms with Crippen molar-refractivity contribution >= 4 is 46.5 Å². The van der Waals surface area contributed by atoms with Crippen LogP contribution in [-0.2, 0) is 32.5 Å². The molecule has 3 aliphatic heterocycles. The van der Waals surface area contributed by atoms with Crippen molar-refractivity contribution < 1.29 is 37.0 Å². The summed E-state index contributed by atoms with van der Waals surface area (Å²) in [6, 6.07) is 4.64. The van der Waals surface area contributed by atoms with Crippen LogP contribution in [0.2, 0.25) is 0 Å². The maximum Gasteiger partial charge on any atom is 0.416 e. The Morgan fingerprint density at radius 3 is 2.18 bits per heavy atom. The van der Waals surface area contributed by atoms with Gasteiger partial charge >= 0.3 is 6.18 Å². The minimum absolute atomic E-state index is 0. The summed E-state index contributed by atoms with van der Waals surface area (Å²) in [7, 11) is -3.64. The van der Waals surface area contributed by atoms with E-state index in [0.717, 1.165) is 57.3 Å². The highest BCUT2D eigenvalue weighted by Crippen LogP contribution is 2.48. The van der Waals surface area contributed by atoms with Crippen molar-refractivity contribution in [2.24, 2.45) is 11.8 Å². The normalized spacial score (nSPS) is 23.6. The van der Waals surface area contributed by atoms with Crippen LogP contribution in [0.25, 0.3) is 0 Å². The van der Waals surface area contributed by atoms with Gasteiger partial charge in [-0.25, -0.2) is 4.39 Å². The Morgan fingerprint density at radius 2 is 1.64 bits per heavy atom. The second kappa shape index (κ2) is 13.0. The zero-order chi connectivity index (χ0) is 27.6. The predicted octanol–water partition coefficient (Wildman–Crippen LogP) is 3.81. The monoisotopic (exact) mass is 692 g/mol. The lowest BCUT2D eigenvalue weighted by Crippen LogP contribution is -2.65. The molecule has 0 bridgehead atoms. The fraction of sp³-hybridized carbons (Fsp3) is 0.680. The number of rotatable bonds is 7. The van der Waals surface area contributed by atoms with Crippen LogP contribution in [0.3, 0.4) is 0 Å². The minimum atomic E-state index is -4.31. The molecule has 3 saturated heterocycles. The Kier molecular flexibility index (Phi) is 10.7. The van der Waals surface area contributed by atoms with Crippen LogP contribution in [0.1, 0.15) is 51.1 Å². The lowest BCUT2D eigenvalue weighted by molar-refractivity contribution is -0.137. The molecule has 1 saturated carbocycles. The first-order valence-electron chi connectivity index (χ1n) is 13.0. The third-order valence-corrected chi connectivity index (χ3v) is 9.56. The van der Waals surface area contributed by atoms with E-state index in [2.05, 4.69) is 5.32 Å². The zero-order valence-corrected chi connectivity index (χ0v) is 24.7. The Bertz CT molecular complexity index is 1100. The van der Waals surface area contributed by atoms with E-state index in [1.165, 1.54) is 20.7 Å². The maximum absolute atomic E-state index is 14.5. The van der Waals surface area contributed by atoms with Crippen molar-refractivity contribution in [2.75, 3.05) is 39.3 Å². The summed E-state index contributed by atoms with van der Waals surface area (Å²) in [5, 5.41) is 2.36. The number of hydrogen-bond donors (Lipinski definition) is 1. The number of amides is 2. The molecule has 222 valence electrons. The maximum atomic E-state index is 14.5. The molecular weight excluding hydrogens is 655 g/mol. The van der Waals surface area contributed by atoms with E-state index in [4.69, 9.17) is 0 Å². The first kappa shape index (κ1) is 32.0. The fourth-order valence-corrected chi connectivity index (χ4v) is 7.06. The lowest BCUT2D eigenvalue weighted by Gasteiger charge is -2.46. The first-order valence-corrected chi connectivity index (χ1v) is 14.4. The zero-order valence-electron chi connectivity index (χ0n) is 21.5. The quantitative estimate of drug-likeness (QED) is 0.268. The predicted molar refractivity (Wildman–Crippen MR) is 149 cm³/mol. The molecule has 5 rings (SSSR count). The molecule has 1 aromatic rings. The minimum Gasteiger partial charge on any atom is -0.355 e. The molecular formula is C25H37F4IN4O4S. The van der Waals surface area contributed by atoms with Crippen LogP contribution in [0.4, 0.5) is 17.6 Å². The van der Waals surface area contributed by atoms with E-state index in [-0.39, 0.29) is 69.3 Å². The molecule has 8 nitrogen and oxygen atoms in total. The van der Waals surface area contributed by atoms with Gasteiger partial charge in [0.1, 0.15) is 5.67 Å². The third kappa shape index (κ3) is 7.82. The Morgan fingerprint density at radius 1 is 1.03 bits per heavy atom. The second-order valence-electron chi connectivity index (χ2n) is 10.5.